The molecule has 0 aliphatic heterocycles. The molecule has 2 rings (SSSR count). The highest BCUT2D eigenvalue weighted by molar-refractivity contribution is 5.94. The predicted octanol–water partition coefficient (Wildman–Crippen LogP) is 3.11. The summed E-state index contributed by atoms with van der Waals surface area (Å²) in [5.74, 6) is 0.292. The number of hydrogen-bond acceptors (Lipinski definition) is 3. The normalized spacial score (nSPS) is 11.8. The van der Waals surface area contributed by atoms with Crippen molar-refractivity contribution in [3.8, 4) is 6.07 Å². The minimum Gasteiger partial charge on any atom is -0.350 e. The van der Waals surface area contributed by atoms with Gasteiger partial charge in [0.05, 0.1) is 11.6 Å². The van der Waals surface area contributed by atoms with Gasteiger partial charge in [-0.25, -0.2) is 0 Å². The lowest BCUT2D eigenvalue weighted by atomic mass is 9.99. The second kappa shape index (κ2) is 7.57. The molecule has 0 aliphatic rings. The Morgan fingerprint density at radius 3 is 2.17 bits per heavy atom. The number of nitrogens with zero attached hydrogens (tertiary/aromatic N) is 1. The Balaban J connectivity index is 1.93. The van der Waals surface area contributed by atoms with Crippen LogP contribution in [-0.4, -0.2) is 12.5 Å². The Morgan fingerprint density at radius 2 is 1.65 bits per heavy atom. The van der Waals surface area contributed by atoms with E-state index in [0.717, 1.165) is 5.56 Å². The lowest BCUT2D eigenvalue weighted by Crippen LogP contribution is -2.31. The molecule has 0 fully saturated rings. The molecule has 0 saturated carbocycles. The smallest absolute Gasteiger partial charge is 0.251 e. The van der Waals surface area contributed by atoms with E-state index in [0.29, 0.717) is 23.6 Å². The Kier molecular flexibility index (Phi) is 5.51. The molecule has 23 heavy (non-hydrogen) atoms. The third-order valence-corrected chi connectivity index (χ3v) is 3.79. The summed E-state index contributed by atoms with van der Waals surface area (Å²) in [5.41, 5.74) is 9.45. The summed E-state index contributed by atoms with van der Waals surface area (Å²) in [4.78, 5) is 12.1. The summed E-state index contributed by atoms with van der Waals surface area (Å²) in [6, 6.07) is 16.5. The first-order valence-corrected chi connectivity index (χ1v) is 7.65. The molecule has 1 atom stereocenters. The maximum absolute atomic E-state index is 12.1. The number of benzene rings is 2. The molecular formula is C19H21N3O. The van der Waals surface area contributed by atoms with E-state index in [-0.39, 0.29) is 11.9 Å². The van der Waals surface area contributed by atoms with Gasteiger partial charge in [-0.3, -0.25) is 4.79 Å². The molecule has 0 radical (unpaired) electrons. The summed E-state index contributed by atoms with van der Waals surface area (Å²) in [7, 11) is 0. The standard InChI is InChI=1S/C19H21N3O/c1-13(2)15-7-9-16(10-8-15)18(21)12-22-19(23)17-5-3-14(11-20)4-6-17/h3-10,13,18H,12,21H2,1-2H3,(H,22,23). The van der Waals surface area contributed by atoms with Gasteiger partial charge in [-0.15, -0.1) is 0 Å². The molecule has 4 nitrogen and oxygen atoms in total. The van der Waals surface area contributed by atoms with E-state index < -0.39 is 0 Å². The molecule has 2 aromatic carbocycles. The molecule has 2 aromatic rings. The van der Waals surface area contributed by atoms with E-state index in [1.54, 1.807) is 24.3 Å². The van der Waals surface area contributed by atoms with E-state index >= 15 is 0 Å². The van der Waals surface area contributed by atoms with Gasteiger partial charge in [0, 0.05) is 18.2 Å². The second-order valence-electron chi connectivity index (χ2n) is 5.83. The van der Waals surface area contributed by atoms with E-state index in [1.807, 2.05) is 18.2 Å². The van der Waals surface area contributed by atoms with Crippen LogP contribution in [0.2, 0.25) is 0 Å². The highest BCUT2D eigenvalue weighted by atomic mass is 16.1. The minimum atomic E-state index is -0.251. The van der Waals surface area contributed by atoms with Crippen molar-refractivity contribution in [3.05, 3.63) is 70.8 Å². The molecule has 1 amide bonds. The molecule has 0 saturated heterocycles. The quantitative estimate of drug-likeness (QED) is 0.890. The van der Waals surface area contributed by atoms with Crippen LogP contribution in [0.1, 0.15) is 52.9 Å². The molecular weight excluding hydrogens is 286 g/mol. The van der Waals surface area contributed by atoms with Gasteiger partial charge in [-0.2, -0.15) is 5.26 Å². The van der Waals surface area contributed by atoms with Crippen LogP contribution < -0.4 is 11.1 Å². The van der Waals surface area contributed by atoms with Gasteiger partial charge in [0.1, 0.15) is 0 Å². The zero-order valence-corrected chi connectivity index (χ0v) is 13.4. The third kappa shape index (κ3) is 4.41. The average Bonchev–Trinajstić information content (AvgIpc) is 2.59. The van der Waals surface area contributed by atoms with Crippen LogP contribution in [0, 0.1) is 11.3 Å². The van der Waals surface area contributed by atoms with Crippen LogP contribution in [0.4, 0.5) is 0 Å². The van der Waals surface area contributed by atoms with E-state index in [2.05, 4.69) is 31.3 Å². The molecule has 0 aliphatic carbocycles. The zero-order chi connectivity index (χ0) is 16.8. The molecule has 1 unspecified atom stereocenters. The topological polar surface area (TPSA) is 78.9 Å². The van der Waals surface area contributed by atoms with Crippen LogP contribution in [-0.2, 0) is 0 Å². The molecule has 0 heterocycles. The fourth-order valence-electron chi connectivity index (χ4n) is 2.25. The van der Waals surface area contributed by atoms with Crippen molar-refractivity contribution >= 4 is 5.91 Å². The maximum Gasteiger partial charge on any atom is 0.251 e. The number of rotatable bonds is 5. The first kappa shape index (κ1) is 16.7. The van der Waals surface area contributed by atoms with Gasteiger partial charge >= 0.3 is 0 Å². The van der Waals surface area contributed by atoms with Gasteiger partial charge in [0.25, 0.3) is 5.91 Å². The molecule has 3 N–H and O–H groups in total. The third-order valence-electron chi connectivity index (χ3n) is 3.79. The van der Waals surface area contributed by atoms with Gasteiger partial charge in [-0.1, -0.05) is 38.1 Å². The highest BCUT2D eigenvalue weighted by Gasteiger charge is 2.10. The summed E-state index contributed by atoms with van der Waals surface area (Å²) in [6.45, 7) is 4.65. The number of nitrogens with one attached hydrogen (secondary N) is 1. The molecule has 0 spiro atoms. The van der Waals surface area contributed by atoms with E-state index in [4.69, 9.17) is 11.0 Å². The average molecular weight is 307 g/mol. The Morgan fingerprint density at radius 1 is 1.09 bits per heavy atom. The van der Waals surface area contributed by atoms with Crippen molar-refractivity contribution < 1.29 is 4.79 Å². The highest BCUT2D eigenvalue weighted by Crippen LogP contribution is 2.17. The van der Waals surface area contributed by atoms with Crippen molar-refractivity contribution in [2.45, 2.75) is 25.8 Å². The van der Waals surface area contributed by atoms with Crippen molar-refractivity contribution in [2.24, 2.45) is 5.73 Å². The van der Waals surface area contributed by atoms with Crippen molar-refractivity contribution in [2.75, 3.05) is 6.54 Å². The van der Waals surface area contributed by atoms with Crippen molar-refractivity contribution in [1.29, 1.82) is 5.26 Å². The Hall–Kier alpha value is -2.64. The number of nitrogens with two attached hydrogens (primary N) is 1. The number of amides is 1. The second-order valence-corrected chi connectivity index (χ2v) is 5.83. The van der Waals surface area contributed by atoms with Crippen LogP contribution in [0.15, 0.2) is 48.5 Å². The van der Waals surface area contributed by atoms with Crippen LogP contribution in [0.5, 0.6) is 0 Å². The fraction of sp³-hybridized carbons (Fsp3) is 0.263. The summed E-state index contributed by atoms with van der Waals surface area (Å²) >= 11 is 0. The first-order valence-electron chi connectivity index (χ1n) is 7.65. The number of carbonyl (C=O) groups excluding carboxylic acids is 1. The lowest BCUT2D eigenvalue weighted by molar-refractivity contribution is 0.0951. The van der Waals surface area contributed by atoms with Crippen LogP contribution >= 0.6 is 0 Å². The van der Waals surface area contributed by atoms with Gasteiger partial charge in [0.15, 0.2) is 0 Å². The largest absolute Gasteiger partial charge is 0.350 e. The van der Waals surface area contributed by atoms with Gasteiger partial charge < -0.3 is 11.1 Å². The SMILES string of the molecule is CC(C)c1ccc(C(N)CNC(=O)c2ccc(C#N)cc2)cc1. The summed E-state index contributed by atoms with van der Waals surface area (Å²) in [6.07, 6.45) is 0. The lowest BCUT2D eigenvalue weighted by Gasteiger charge is -2.14. The van der Waals surface area contributed by atoms with E-state index in [9.17, 15) is 4.79 Å². The number of nitriles is 1. The predicted molar refractivity (Wildman–Crippen MR) is 90.9 cm³/mol. The van der Waals surface area contributed by atoms with Crippen LogP contribution in [0.25, 0.3) is 0 Å². The Bertz CT molecular complexity index is 697. The molecule has 0 aromatic heterocycles. The molecule has 0 bridgehead atoms. The summed E-state index contributed by atoms with van der Waals surface area (Å²) in [5, 5.41) is 11.6. The van der Waals surface area contributed by atoms with Gasteiger partial charge in [0.2, 0.25) is 0 Å². The van der Waals surface area contributed by atoms with E-state index in [1.165, 1.54) is 5.56 Å². The number of hydrogen-bond donors (Lipinski definition) is 2. The molecule has 4 heteroatoms. The summed E-state index contributed by atoms with van der Waals surface area (Å²) < 4.78 is 0. The minimum absolute atomic E-state index is 0.191. The van der Waals surface area contributed by atoms with Gasteiger partial charge in [-0.05, 0) is 41.3 Å². The Labute approximate surface area is 136 Å². The van der Waals surface area contributed by atoms with Crippen molar-refractivity contribution in [1.82, 2.24) is 5.32 Å². The van der Waals surface area contributed by atoms with Crippen LogP contribution in [0.3, 0.4) is 0 Å². The first-order chi connectivity index (χ1) is 11.0. The fourth-order valence-corrected chi connectivity index (χ4v) is 2.25. The number of carbonyl (C=O) groups is 1. The van der Waals surface area contributed by atoms with Crippen molar-refractivity contribution in [3.63, 3.8) is 0 Å². The maximum atomic E-state index is 12.1. The molecule has 118 valence electrons. The monoisotopic (exact) mass is 307 g/mol. The zero-order valence-electron chi connectivity index (χ0n) is 13.4.